The highest BCUT2D eigenvalue weighted by Gasteiger charge is 2.26. The van der Waals surface area contributed by atoms with Crippen LogP contribution in [-0.2, 0) is 27.9 Å². The first-order chi connectivity index (χ1) is 30.1. The molecule has 354 valence electrons. The van der Waals surface area contributed by atoms with Gasteiger partial charge in [0.25, 0.3) is 0 Å². The largest absolute Gasteiger partial charge is 0.472 e. The Kier molecular flexibility index (Phi) is 42.7. The van der Waals surface area contributed by atoms with Gasteiger partial charge in [-0.25, -0.2) is 4.57 Å². The summed E-state index contributed by atoms with van der Waals surface area (Å²) in [5.41, 5.74) is 0. The first kappa shape index (κ1) is 59.2. The second-order valence-corrected chi connectivity index (χ2v) is 18.2. The van der Waals surface area contributed by atoms with E-state index in [1.54, 1.807) is 0 Å². The summed E-state index contributed by atoms with van der Waals surface area (Å²) in [4.78, 5) is 22.9. The van der Waals surface area contributed by atoms with Crippen LogP contribution in [0.3, 0.4) is 0 Å². The highest BCUT2D eigenvalue weighted by Crippen LogP contribution is 2.43. The van der Waals surface area contributed by atoms with Gasteiger partial charge in [-0.1, -0.05) is 168 Å². The molecule has 0 saturated carbocycles. The van der Waals surface area contributed by atoms with Crippen molar-refractivity contribution in [3.05, 3.63) is 109 Å². The van der Waals surface area contributed by atoms with E-state index in [1.165, 1.54) is 19.3 Å². The Morgan fingerprint density at radius 3 is 1.40 bits per heavy atom. The average Bonchev–Trinajstić information content (AvgIpc) is 3.23. The molecule has 2 atom stereocenters. The Morgan fingerprint density at radius 2 is 0.935 bits per heavy atom. The van der Waals surface area contributed by atoms with Gasteiger partial charge in [0.2, 0.25) is 0 Å². The quantitative estimate of drug-likeness (QED) is 0.0214. The van der Waals surface area contributed by atoms with Gasteiger partial charge in [0.05, 0.1) is 34.4 Å². The van der Waals surface area contributed by atoms with Crippen LogP contribution in [0.5, 0.6) is 0 Å². The molecule has 0 amide bonds. The Morgan fingerprint density at radius 1 is 0.516 bits per heavy atom. The molecule has 0 aliphatic rings. The van der Waals surface area contributed by atoms with Gasteiger partial charge in [0.1, 0.15) is 19.3 Å². The van der Waals surface area contributed by atoms with Crippen LogP contribution in [0, 0.1) is 0 Å². The van der Waals surface area contributed by atoms with Crippen LogP contribution in [0.25, 0.3) is 0 Å². The summed E-state index contributed by atoms with van der Waals surface area (Å²) in [6.45, 7) is 5.35. The molecule has 0 aliphatic heterocycles. The minimum Gasteiger partial charge on any atom is -0.457 e. The molecule has 0 fully saturated rings. The van der Waals surface area contributed by atoms with Crippen LogP contribution in [0.4, 0.5) is 0 Å². The number of hydrogen-bond acceptors (Lipinski definition) is 6. The predicted molar refractivity (Wildman–Crippen MR) is 265 cm³/mol. The lowest BCUT2D eigenvalue weighted by atomic mass is 10.1. The van der Waals surface area contributed by atoms with Crippen molar-refractivity contribution in [1.29, 1.82) is 0 Å². The third-order valence-electron chi connectivity index (χ3n) is 9.57. The summed E-state index contributed by atoms with van der Waals surface area (Å²) in [6.07, 6.45) is 62.8. The Hall–Kier alpha value is -2.84. The number of likely N-dealkylation sites (N-methyl/N-ethyl adjacent to an activating group) is 1. The Balaban J connectivity index is 4.26. The summed E-state index contributed by atoms with van der Waals surface area (Å²) in [5.74, 6) is -0.343. The van der Waals surface area contributed by atoms with E-state index < -0.39 is 13.9 Å². The third-order valence-corrected chi connectivity index (χ3v) is 10.6. The van der Waals surface area contributed by atoms with E-state index in [1.807, 2.05) is 21.1 Å². The minimum atomic E-state index is -4.30. The number of carbonyl (C=O) groups is 1. The highest BCUT2D eigenvalue weighted by molar-refractivity contribution is 7.47. The summed E-state index contributed by atoms with van der Waals surface area (Å²) < 4.78 is 35.0. The number of ether oxygens (including phenoxy) is 2. The molecule has 1 N–H and O–H groups in total. The van der Waals surface area contributed by atoms with E-state index in [2.05, 4.69) is 123 Å². The summed E-state index contributed by atoms with van der Waals surface area (Å²) in [5, 5.41) is 0. The van der Waals surface area contributed by atoms with E-state index in [9.17, 15) is 14.3 Å². The molecule has 0 radical (unpaired) electrons. The van der Waals surface area contributed by atoms with Crippen LogP contribution in [0.1, 0.15) is 162 Å². The molecule has 0 aromatic rings. The highest BCUT2D eigenvalue weighted by atomic mass is 31.2. The van der Waals surface area contributed by atoms with Crippen molar-refractivity contribution in [2.24, 2.45) is 0 Å². The molecule has 2 unspecified atom stereocenters. The molecular weight excluding hydrogens is 794 g/mol. The monoisotopic (exact) mass is 885 g/mol. The number of carbonyl (C=O) groups excluding carboxylic acids is 1. The number of unbranched alkanes of at least 4 members (excludes halogenated alkanes) is 11. The zero-order valence-electron chi connectivity index (χ0n) is 40.1. The van der Waals surface area contributed by atoms with Crippen LogP contribution < -0.4 is 0 Å². The van der Waals surface area contributed by atoms with Crippen molar-refractivity contribution in [3.63, 3.8) is 0 Å². The SMILES string of the molecule is CC/C=C\C/C=C\C/C=C\C/C=C\C/C=C\C/C=C\C/C=C\CCCCCCOCC(COP(=O)(O)OCC[N+](C)(C)C)OC(=O)CCCCCCC/C=C\C/C=C\CCCC. The molecule has 0 rings (SSSR count). The third kappa shape index (κ3) is 48.2. The summed E-state index contributed by atoms with van der Waals surface area (Å²) in [7, 11) is 1.62. The normalized spacial score (nSPS) is 14.6. The van der Waals surface area contributed by atoms with Crippen molar-refractivity contribution in [2.45, 2.75) is 168 Å². The molecule has 0 heterocycles. The zero-order valence-corrected chi connectivity index (χ0v) is 41.0. The maximum atomic E-state index is 12.7. The van der Waals surface area contributed by atoms with E-state index in [0.29, 0.717) is 24.1 Å². The van der Waals surface area contributed by atoms with Gasteiger partial charge in [0.15, 0.2) is 0 Å². The zero-order chi connectivity index (χ0) is 45.5. The molecule has 9 heteroatoms. The minimum absolute atomic E-state index is 0.0737. The lowest BCUT2D eigenvalue weighted by Crippen LogP contribution is -2.37. The van der Waals surface area contributed by atoms with Crippen LogP contribution >= 0.6 is 7.82 Å². The van der Waals surface area contributed by atoms with Gasteiger partial charge in [-0.15, -0.1) is 0 Å². The number of quaternary nitrogens is 1. The first-order valence-electron chi connectivity index (χ1n) is 24.1. The maximum Gasteiger partial charge on any atom is 0.472 e. The predicted octanol–water partition coefficient (Wildman–Crippen LogP) is 14.8. The number of rotatable bonds is 43. The molecule has 0 aliphatic carbocycles. The average molecular weight is 885 g/mol. The number of phosphoric acid groups is 1. The fraction of sp³-hybridized carbons (Fsp3) is 0.642. The van der Waals surface area contributed by atoms with Gasteiger partial charge in [-0.3, -0.25) is 13.8 Å². The smallest absolute Gasteiger partial charge is 0.457 e. The van der Waals surface area contributed by atoms with E-state index in [0.717, 1.165) is 122 Å². The first-order valence-corrected chi connectivity index (χ1v) is 25.6. The summed E-state index contributed by atoms with van der Waals surface area (Å²) >= 11 is 0. The number of esters is 1. The number of allylic oxidation sites excluding steroid dienone is 18. The number of hydrogen-bond donors (Lipinski definition) is 1. The standard InChI is InChI=1S/C53H90NO7P/c1-6-8-10-12-14-16-18-20-22-23-24-25-26-27-28-29-30-31-32-33-35-37-39-41-43-45-48-58-50-52(51-60-62(56,57)59-49-47-54(3,4)5)61-53(55)46-44-42-40-38-36-34-21-19-17-15-13-11-9-7-2/h8,10,13-16,19-22,24-25,27-28,30-31,33,35,52H,6-7,9,11-12,17-18,23,26,29,32,34,36-51H2,1-5H3/p+1/b10-8-,15-13-,16-14-,21-19-,22-20-,25-24-,28-27-,31-30-,35-33-. The second kappa shape index (κ2) is 44.8. The lowest BCUT2D eigenvalue weighted by molar-refractivity contribution is -0.870. The van der Waals surface area contributed by atoms with Crippen molar-refractivity contribution in [1.82, 2.24) is 0 Å². The van der Waals surface area contributed by atoms with Crippen molar-refractivity contribution in [3.8, 4) is 0 Å². The Bertz CT molecular complexity index is 1350. The molecule has 0 bridgehead atoms. The second-order valence-electron chi connectivity index (χ2n) is 16.8. The van der Waals surface area contributed by atoms with Crippen molar-refractivity contribution >= 4 is 13.8 Å². The molecule has 0 aromatic carbocycles. The van der Waals surface area contributed by atoms with E-state index >= 15 is 0 Å². The van der Waals surface area contributed by atoms with E-state index in [4.69, 9.17) is 18.5 Å². The molecular formula is C53H91NO7P+. The van der Waals surface area contributed by atoms with Gasteiger partial charge in [-0.2, -0.15) is 0 Å². The lowest BCUT2D eigenvalue weighted by Gasteiger charge is -2.24. The van der Waals surface area contributed by atoms with Crippen molar-refractivity contribution in [2.75, 3.05) is 54.1 Å². The van der Waals surface area contributed by atoms with Gasteiger partial charge < -0.3 is 18.9 Å². The Labute approximate surface area is 380 Å². The number of phosphoric ester groups is 1. The fourth-order valence-corrected chi connectivity index (χ4v) is 6.58. The van der Waals surface area contributed by atoms with E-state index in [-0.39, 0.29) is 25.8 Å². The van der Waals surface area contributed by atoms with Gasteiger partial charge >= 0.3 is 13.8 Å². The van der Waals surface area contributed by atoms with Gasteiger partial charge in [0, 0.05) is 13.0 Å². The van der Waals surface area contributed by atoms with Crippen molar-refractivity contribution < 1.29 is 37.3 Å². The van der Waals surface area contributed by atoms with Crippen LogP contribution in [-0.4, -0.2) is 75.6 Å². The molecule has 0 saturated heterocycles. The molecule has 62 heavy (non-hydrogen) atoms. The molecule has 8 nitrogen and oxygen atoms in total. The van der Waals surface area contributed by atoms with Crippen LogP contribution in [0.15, 0.2) is 109 Å². The molecule has 0 spiro atoms. The number of nitrogens with zero attached hydrogens (tertiary/aromatic N) is 1. The van der Waals surface area contributed by atoms with Gasteiger partial charge in [-0.05, 0) is 96.3 Å². The van der Waals surface area contributed by atoms with Crippen LogP contribution in [0.2, 0.25) is 0 Å². The topological polar surface area (TPSA) is 91.3 Å². The fourth-order valence-electron chi connectivity index (χ4n) is 5.84. The summed E-state index contributed by atoms with van der Waals surface area (Å²) in [6, 6.07) is 0. The molecule has 0 aromatic heterocycles. The maximum absolute atomic E-state index is 12.7.